The van der Waals surface area contributed by atoms with Crippen molar-refractivity contribution >= 4 is 17.4 Å². The van der Waals surface area contributed by atoms with Crippen molar-refractivity contribution in [1.29, 1.82) is 0 Å². The van der Waals surface area contributed by atoms with Crippen LogP contribution in [0.3, 0.4) is 0 Å². The van der Waals surface area contributed by atoms with Gasteiger partial charge in [-0.2, -0.15) is 0 Å². The Morgan fingerprint density at radius 1 is 1.08 bits per heavy atom. The first-order valence-corrected chi connectivity index (χ1v) is 8.78. The number of amides is 1. The molecule has 3 aromatic rings. The van der Waals surface area contributed by atoms with Crippen LogP contribution in [0.4, 0.5) is 11.5 Å². The summed E-state index contributed by atoms with van der Waals surface area (Å²) in [5.41, 5.74) is 1.53. The van der Waals surface area contributed by atoms with Crippen molar-refractivity contribution < 1.29 is 9.21 Å². The molecule has 1 unspecified atom stereocenters. The number of piperidine rings is 1. The van der Waals surface area contributed by atoms with Gasteiger partial charge in [-0.05, 0) is 49.2 Å². The molecular formula is C20H20N4O2. The van der Waals surface area contributed by atoms with Crippen LogP contribution >= 0.6 is 0 Å². The number of hydrogen-bond donors (Lipinski definition) is 1. The van der Waals surface area contributed by atoms with Crippen LogP contribution in [0.1, 0.15) is 12.8 Å². The first-order chi connectivity index (χ1) is 12.8. The van der Waals surface area contributed by atoms with E-state index in [2.05, 4.69) is 20.4 Å². The topological polar surface area (TPSA) is 71.3 Å². The predicted octanol–water partition coefficient (Wildman–Crippen LogP) is 3.59. The summed E-state index contributed by atoms with van der Waals surface area (Å²) in [6.45, 7) is 1.53. The van der Waals surface area contributed by atoms with E-state index in [9.17, 15) is 4.79 Å². The molecule has 3 heterocycles. The molecule has 1 amide bonds. The normalized spacial score (nSPS) is 17.1. The zero-order valence-corrected chi connectivity index (χ0v) is 14.3. The summed E-state index contributed by atoms with van der Waals surface area (Å²) in [5, 5.41) is 11.6. The molecule has 1 atom stereocenters. The van der Waals surface area contributed by atoms with Gasteiger partial charge in [0.1, 0.15) is 5.69 Å². The van der Waals surface area contributed by atoms with Crippen molar-refractivity contribution in [1.82, 2.24) is 10.2 Å². The minimum Gasteiger partial charge on any atom is -0.463 e. The van der Waals surface area contributed by atoms with Crippen LogP contribution in [-0.4, -0.2) is 29.2 Å². The summed E-state index contributed by atoms with van der Waals surface area (Å²) in [5.74, 6) is 1.48. The van der Waals surface area contributed by atoms with Crippen molar-refractivity contribution in [3.63, 3.8) is 0 Å². The fraction of sp³-hybridized carbons (Fsp3) is 0.250. The summed E-state index contributed by atoms with van der Waals surface area (Å²) >= 11 is 0. The lowest BCUT2D eigenvalue weighted by molar-refractivity contribution is -0.120. The lowest BCUT2D eigenvalue weighted by atomic mass is 9.97. The summed E-state index contributed by atoms with van der Waals surface area (Å²) in [4.78, 5) is 14.7. The van der Waals surface area contributed by atoms with Crippen molar-refractivity contribution in [2.24, 2.45) is 5.92 Å². The third kappa shape index (κ3) is 3.59. The maximum atomic E-state index is 12.6. The maximum absolute atomic E-state index is 12.6. The number of rotatable bonds is 4. The number of furan rings is 1. The van der Waals surface area contributed by atoms with Gasteiger partial charge < -0.3 is 14.6 Å². The second-order valence-corrected chi connectivity index (χ2v) is 6.39. The van der Waals surface area contributed by atoms with Gasteiger partial charge in [-0.3, -0.25) is 4.79 Å². The number of nitrogens with one attached hydrogen (secondary N) is 1. The van der Waals surface area contributed by atoms with Crippen LogP contribution in [0, 0.1) is 5.92 Å². The molecule has 0 aliphatic carbocycles. The molecule has 1 aliphatic heterocycles. The van der Waals surface area contributed by atoms with Crippen LogP contribution < -0.4 is 10.2 Å². The second kappa shape index (κ2) is 7.39. The summed E-state index contributed by atoms with van der Waals surface area (Å²) in [7, 11) is 0. The predicted molar refractivity (Wildman–Crippen MR) is 99.7 cm³/mol. The zero-order chi connectivity index (χ0) is 17.8. The Bertz CT molecular complexity index is 847. The van der Waals surface area contributed by atoms with Crippen molar-refractivity contribution in [2.45, 2.75) is 12.8 Å². The van der Waals surface area contributed by atoms with E-state index in [1.54, 1.807) is 6.26 Å². The highest BCUT2D eigenvalue weighted by molar-refractivity contribution is 5.93. The highest BCUT2D eigenvalue weighted by atomic mass is 16.3. The quantitative estimate of drug-likeness (QED) is 0.780. The molecule has 0 spiro atoms. The fourth-order valence-electron chi connectivity index (χ4n) is 3.21. The minimum atomic E-state index is -0.0597. The van der Waals surface area contributed by atoms with Gasteiger partial charge in [0.15, 0.2) is 11.6 Å². The van der Waals surface area contributed by atoms with Crippen molar-refractivity contribution in [2.75, 3.05) is 23.3 Å². The fourth-order valence-corrected chi connectivity index (χ4v) is 3.21. The molecule has 0 radical (unpaired) electrons. The molecule has 1 fully saturated rings. The molecule has 2 aromatic heterocycles. The van der Waals surface area contributed by atoms with Crippen LogP contribution in [0.2, 0.25) is 0 Å². The summed E-state index contributed by atoms with van der Waals surface area (Å²) < 4.78 is 5.34. The average molecular weight is 348 g/mol. The first-order valence-electron chi connectivity index (χ1n) is 8.78. The number of benzene rings is 1. The average Bonchev–Trinajstić information content (AvgIpc) is 3.24. The van der Waals surface area contributed by atoms with Crippen LogP contribution in [0.25, 0.3) is 11.5 Å². The Labute approximate surface area is 151 Å². The highest BCUT2D eigenvalue weighted by Crippen LogP contribution is 2.24. The van der Waals surface area contributed by atoms with Crippen LogP contribution in [-0.2, 0) is 4.79 Å². The van der Waals surface area contributed by atoms with E-state index >= 15 is 0 Å². The van der Waals surface area contributed by atoms with Gasteiger partial charge in [0.25, 0.3) is 0 Å². The third-order valence-corrected chi connectivity index (χ3v) is 4.58. The Kier molecular flexibility index (Phi) is 4.64. The molecule has 0 bridgehead atoms. The van der Waals surface area contributed by atoms with Crippen molar-refractivity contribution in [3.8, 4) is 11.5 Å². The van der Waals surface area contributed by atoms with Crippen LogP contribution in [0.15, 0.2) is 65.3 Å². The monoisotopic (exact) mass is 348 g/mol. The van der Waals surface area contributed by atoms with E-state index < -0.39 is 0 Å². The molecule has 6 heteroatoms. The zero-order valence-electron chi connectivity index (χ0n) is 14.3. The lowest BCUT2D eigenvalue weighted by Gasteiger charge is -2.32. The van der Waals surface area contributed by atoms with Gasteiger partial charge in [-0.1, -0.05) is 18.2 Å². The molecule has 1 N–H and O–H groups in total. The molecule has 26 heavy (non-hydrogen) atoms. The molecule has 6 nitrogen and oxygen atoms in total. The second-order valence-electron chi connectivity index (χ2n) is 6.39. The molecule has 1 saturated heterocycles. The smallest absolute Gasteiger partial charge is 0.229 e. The van der Waals surface area contributed by atoms with Gasteiger partial charge >= 0.3 is 0 Å². The Hall–Kier alpha value is -3.15. The molecule has 1 aliphatic rings. The Morgan fingerprint density at radius 3 is 2.69 bits per heavy atom. The molecule has 132 valence electrons. The van der Waals surface area contributed by atoms with Gasteiger partial charge in [-0.15, -0.1) is 10.2 Å². The number of para-hydroxylation sites is 1. The van der Waals surface area contributed by atoms with Gasteiger partial charge in [-0.25, -0.2) is 0 Å². The summed E-state index contributed by atoms with van der Waals surface area (Å²) in [6, 6.07) is 17.1. The van der Waals surface area contributed by atoms with E-state index in [1.165, 1.54) is 0 Å². The van der Waals surface area contributed by atoms with E-state index in [0.717, 1.165) is 30.9 Å². The van der Waals surface area contributed by atoms with E-state index in [-0.39, 0.29) is 11.8 Å². The molecular weight excluding hydrogens is 328 g/mol. The maximum Gasteiger partial charge on any atom is 0.229 e. The SMILES string of the molecule is O=C(Nc1ccccc1)C1CCCN(c2ccc(-c3ccco3)nn2)C1. The highest BCUT2D eigenvalue weighted by Gasteiger charge is 2.26. The Balaban J connectivity index is 1.42. The third-order valence-electron chi connectivity index (χ3n) is 4.58. The number of aromatic nitrogens is 2. The van der Waals surface area contributed by atoms with Crippen LogP contribution in [0.5, 0.6) is 0 Å². The van der Waals surface area contributed by atoms with Gasteiger partial charge in [0.2, 0.25) is 5.91 Å². The molecule has 1 aromatic carbocycles. The number of hydrogen-bond acceptors (Lipinski definition) is 5. The summed E-state index contributed by atoms with van der Waals surface area (Å²) in [6.07, 6.45) is 3.45. The van der Waals surface area contributed by atoms with E-state index in [1.807, 2.05) is 54.6 Å². The number of anilines is 2. The largest absolute Gasteiger partial charge is 0.463 e. The van der Waals surface area contributed by atoms with Gasteiger partial charge in [0, 0.05) is 18.8 Å². The lowest BCUT2D eigenvalue weighted by Crippen LogP contribution is -2.41. The molecule has 4 rings (SSSR count). The Morgan fingerprint density at radius 2 is 1.96 bits per heavy atom. The number of carbonyl (C=O) groups excluding carboxylic acids is 1. The van der Waals surface area contributed by atoms with Crippen molar-refractivity contribution in [3.05, 3.63) is 60.9 Å². The number of nitrogens with zero attached hydrogens (tertiary/aromatic N) is 3. The van der Waals surface area contributed by atoms with Gasteiger partial charge in [0.05, 0.1) is 12.2 Å². The van der Waals surface area contributed by atoms with E-state index in [4.69, 9.17) is 4.42 Å². The minimum absolute atomic E-state index is 0.0565. The standard InChI is InChI=1S/C20H20N4O2/c25-20(21-16-7-2-1-3-8-16)15-6-4-12-24(14-15)19-11-10-17(22-23-19)18-9-5-13-26-18/h1-3,5,7-11,13,15H,4,6,12,14H2,(H,21,25). The first kappa shape index (κ1) is 16.3. The number of carbonyl (C=O) groups is 1. The van der Waals surface area contributed by atoms with E-state index in [0.29, 0.717) is 18.0 Å². The molecule has 0 saturated carbocycles.